The summed E-state index contributed by atoms with van der Waals surface area (Å²) in [5.41, 5.74) is 0.912. The quantitative estimate of drug-likeness (QED) is 0.477. The number of phenols is 1. The van der Waals surface area contributed by atoms with Gasteiger partial charge in [-0.15, -0.1) is 0 Å². The number of rotatable bonds is 4. The second-order valence-electron chi connectivity index (χ2n) is 5.38. The van der Waals surface area contributed by atoms with Crippen molar-refractivity contribution in [3.05, 3.63) is 64.8 Å². The number of phenolic OH excluding ortho intramolecular Hbond substituents is 1. The molecule has 2 N–H and O–H groups in total. The number of anilines is 1. The Morgan fingerprint density at radius 2 is 1.92 bits per heavy atom. The van der Waals surface area contributed by atoms with Crippen molar-refractivity contribution in [3.63, 3.8) is 0 Å². The van der Waals surface area contributed by atoms with E-state index in [1.165, 1.54) is 23.1 Å². The normalized spacial score (nSPS) is 15.6. The molecular weight excluding hydrogens is 375 g/mol. The number of halogens is 1. The van der Waals surface area contributed by atoms with E-state index < -0.39 is 11.8 Å². The van der Waals surface area contributed by atoms with E-state index in [2.05, 4.69) is 5.32 Å². The summed E-state index contributed by atoms with van der Waals surface area (Å²) in [7, 11) is 0. The highest BCUT2D eigenvalue weighted by Gasteiger charge is 2.33. The average Bonchev–Trinajstić information content (AvgIpc) is 2.86. The summed E-state index contributed by atoms with van der Waals surface area (Å²) >= 11 is 6.26. The topological polar surface area (TPSA) is 69.6 Å². The number of aromatic hydroxyl groups is 1. The summed E-state index contributed by atoms with van der Waals surface area (Å²) in [6.45, 7) is -0.264. The van der Waals surface area contributed by atoms with Crippen molar-refractivity contribution in [2.45, 2.75) is 0 Å². The highest BCUT2D eigenvalue weighted by atomic mass is 32.2. The summed E-state index contributed by atoms with van der Waals surface area (Å²) < 4.78 is 13.2. The minimum atomic E-state index is -0.481. The molecule has 1 aliphatic heterocycles. The molecule has 0 unspecified atom stereocenters. The van der Waals surface area contributed by atoms with Gasteiger partial charge in [-0.2, -0.15) is 0 Å². The Hall–Kier alpha value is -2.71. The molecule has 8 heteroatoms. The van der Waals surface area contributed by atoms with Gasteiger partial charge in [0.2, 0.25) is 5.91 Å². The first kappa shape index (κ1) is 18.1. The number of benzene rings is 2. The van der Waals surface area contributed by atoms with Crippen molar-refractivity contribution < 1.29 is 19.1 Å². The molecule has 0 aliphatic carbocycles. The lowest BCUT2D eigenvalue weighted by Crippen LogP contribution is -2.36. The summed E-state index contributed by atoms with van der Waals surface area (Å²) in [6.07, 6.45) is 1.60. The predicted octanol–water partition coefficient (Wildman–Crippen LogP) is 3.37. The molecule has 0 bridgehead atoms. The van der Waals surface area contributed by atoms with E-state index in [0.29, 0.717) is 10.5 Å². The smallest absolute Gasteiger partial charge is 0.266 e. The third-order valence-corrected chi connectivity index (χ3v) is 4.90. The van der Waals surface area contributed by atoms with Crippen LogP contribution in [0.3, 0.4) is 0 Å². The lowest BCUT2D eigenvalue weighted by atomic mass is 10.2. The van der Waals surface area contributed by atoms with Crippen LogP contribution in [0, 0.1) is 5.82 Å². The fourth-order valence-electron chi connectivity index (χ4n) is 2.26. The van der Waals surface area contributed by atoms with Crippen LogP contribution in [0.25, 0.3) is 6.08 Å². The summed E-state index contributed by atoms with van der Waals surface area (Å²) in [4.78, 5) is 26.2. The lowest BCUT2D eigenvalue weighted by molar-refractivity contribution is -0.126. The monoisotopic (exact) mass is 388 g/mol. The molecule has 1 saturated heterocycles. The van der Waals surface area contributed by atoms with E-state index in [0.717, 1.165) is 11.8 Å². The molecule has 2 aromatic rings. The molecule has 3 rings (SSSR count). The van der Waals surface area contributed by atoms with Crippen LogP contribution < -0.4 is 5.32 Å². The first-order valence-electron chi connectivity index (χ1n) is 7.53. The standard InChI is InChI=1S/C18H13FN2O3S2/c19-12-7-5-11(6-8-12)9-15-17(24)21(18(25)26-15)10-16(23)20-13-3-1-2-4-14(13)22/h1-9,22H,10H2,(H,20,23)/b15-9-. The van der Waals surface area contributed by atoms with Gasteiger partial charge in [-0.3, -0.25) is 14.5 Å². The van der Waals surface area contributed by atoms with E-state index in [4.69, 9.17) is 12.2 Å². The van der Waals surface area contributed by atoms with E-state index in [1.54, 1.807) is 36.4 Å². The Bertz CT molecular complexity index is 913. The molecule has 1 heterocycles. The number of carbonyl (C=O) groups is 2. The number of carbonyl (C=O) groups excluding carboxylic acids is 2. The van der Waals surface area contributed by atoms with Crippen LogP contribution in [-0.2, 0) is 9.59 Å². The average molecular weight is 388 g/mol. The van der Waals surface area contributed by atoms with Crippen LogP contribution >= 0.6 is 24.0 Å². The Kier molecular flexibility index (Phi) is 5.34. The van der Waals surface area contributed by atoms with Gasteiger partial charge in [-0.25, -0.2) is 4.39 Å². The number of thiocarbonyl (C=S) groups is 1. The number of thioether (sulfide) groups is 1. The first-order valence-corrected chi connectivity index (χ1v) is 8.75. The second kappa shape index (κ2) is 7.67. The van der Waals surface area contributed by atoms with Crippen molar-refractivity contribution in [1.82, 2.24) is 4.90 Å². The molecular formula is C18H13FN2O3S2. The van der Waals surface area contributed by atoms with E-state index in [-0.39, 0.29) is 28.1 Å². The van der Waals surface area contributed by atoms with Crippen molar-refractivity contribution in [3.8, 4) is 5.75 Å². The molecule has 1 aliphatic rings. The molecule has 0 atom stereocenters. The lowest BCUT2D eigenvalue weighted by Gasteiger charge is -2.14. The SMILES string of the molecule is O=C(CN1C(=O)/C(=C/c2ccc(F)cc2)SC1=S)Nc1ccccc1O. The third-order valence-electron chi connectivity index (χ3n) is 3.52. The maximum Gasteiger partial charge on any atom is 0.266 e. The Morgan fingerprint density at radius 1 is 1.23 bits per heavy atom. The van der Waals surface area contributed by atoms with Gasteiger partial charge >= 0.3 is 0 Å². The first-order chi connectivity index (χ1) is 12.4. The van der Waals surface area contributed by atoms with Gasteiger partial charge in [-0.05, 0) is 35.9 Å². The summed E-state index contributed by atoms with van der Waals surface area (Å²) in [5, 5.41) is 12.2. The van der Waals surface area contributed by atoms with Crippen molar-refractivity contribution in [2.24, 2.45) is 0 Å². The van der Waals surface area contributed by atoms with E-state index in [9.17, 15) is 19.1 Å². The fraction of sp³-hybridized carbons (Fsp3) is 0.0556. The predicted molar refractivity (Wildman–Crippen MR) is 103 cm³/mol. The van der Waals surface area contributed by atoms with Gasteiger partial charge in [0.05, 0.1) is 10.6 Å². The zero-order valence-electron chi connectivity index (χ0n) is 13.3. The van der Waals surface area contributed by atoms with Crippen molar-refractivity contribution in [1.29, 1.82) is 0 Å². The Labute approximate surface area is 158 Å². The third kappa shape index (κ3) is 4.09. The minimum Gasteiger partial charge on any atom is -0.506 e. The van der Waals surface area contributed by atoms with Gasteiger partial charge < -0.3 is 10.4 Å². The molecule has 1 fully saturated rings. The number of hydrogen-bond acceptors (Lipinski definition) is 5. The molecule has 0 radical (unpaired) electrons. The molecule has 5 nitrogen and oxygen atoms in total. The minimum absolute atomic E-state index is 0.0672. The zero-order valence-corrected chi connectivity index (χ0v) is 14.9. The molecule has 0 spiro atoms. The summed E-state index contributed by atoms with van der Waals surface area (Å²) in [5.74, 6) is -1.31. The van der Waals surface area contributed by atoms with E-state index >= 15 is 0 Å². The van der Waals surface area contributed by atoms with Crippen LogP contribution in [0.4, 0.5) is 10.1 Å². The van der Waals surface area contributed by atoms with Gasteiger partial charge in [0, 0.05) is 0 Å². The van der Waals surface area contributed by atoms with E-state index in [1.807, 2.05) is 0 Å². The number of hydrogen-bond donors (Lipinski definition) is 2. The highest BCUT2D eigenvalue weighted by Crippen LogP contribution is 2.32. The number of para-hydroxylation sites is 2. The second-order valence-corrected chi connectivity index (χ2v) is 7.06. The maximum atomic E-state index is 13.0. The van der Waals surface area contributed by atoms with Crippen LogP contribution in [0.15, 0.2) is 53.4 Å². The van der Waals surface area contributed by atoms with Crippen molar-refractivity contribution >= 4 is 51.9 Å². The van der Waals surface area contributed by atoms with Crippen LogP contribution in [0.5, 0.6) is 5.75 Å². The van der Waals surface area contributed by atoms with Crippen molar-refractivity contribution in [2.75, 3.05) is 11.9 Å². The largest absolute Gasteiger partial charge is 0.506 e. The molecule has 0 aromatic heterocycles. The number of nitrogens with zero attached hydrogens (tertiary/aromatic N) is 1. The van der Waals surface area contributed by atoms with Gasteiger partial charge in [-0.1, -0.05) is 48.2 Å². The molecule has 0 saturated carbocycles. The molecule has 132 valence electrons. The van der Waals surface area contributed by atoms with Gasteiger partial charge in [0.1, 0.15) is 22.4 Å². The number of amides is 2. The number of nitrogens with one attached hydrogen (secondary N) is 1. The maximum absolute atomic E-state index is 13.0. The zero-order chi connectivity index (χ0) is 18.7. The summed E-state index contributed by atoms with van der Waals surface area (Å²) in [6, 6.07) is 12.0. The van der Waals surface area contributed by atoms with Crippen LogP contribution in [-0.4, -0.2) is 32.7 Å². The van der Waals surface area contributed by atoms with Gasteiger partial charge in [0.25, 0.3) is 5.91 Å². The molecule has 26 heavy (non-hydrogen) atoms. The van der Waals surface area contributed by atoms with Crippen LogP contribution in [0.1, 0.15) is 5.56 Å². The Morgan fingerprint density at radius 3 is 2.62 bits per heavy atom. The highest BCUT2D eigenvalue weighted by molar-refractivity contribution is 8.26. The Balaban J connectivity index is 1.70. The van der Waals surface area contributed by atoms with Gasteiger partial charge in [0.15, 0.2) is 0 Å². The van der Waals surface area contributed by atoms with Crippen LogP contribution in [0.2, 0.25) is 0 Å². The molecule has 2 aromatic carbocycles. The fourth-order valence-corrected chi connectivity index (χ4v) is 3.51. The molecule has 2 amide bonds.